The predicted molar refractivity (Wildman–Crippen MR) is 113 cm³/mol. The minimum atomic E-state index is -1.36. The van der Waals surface area contributed by atoms with Gasteiger partial charge >= 0.3 is 13.1 Å². The van der Waals surface area contributed by atoms with Gasteiger partial charge in [-0.25, -0.2) is 0 Å². The summed E-state index contributed by atoms with van der Waals surface area (Å²) in [5, 5.41) is 28.9. The lowest BCUT2D eigenvalue weighted by atomic mass is 9.74. The lowest BCUT2D eigenvalue weighted by Crippen LogP contribution is -2.57. The Labute approximate surface area is 176 Å². The van der Waals surface area contributed by atoms with Crippen molar-refractivity contribution < 1.29 is 19.9 Å². The number of benzene rings is 1. The van der Waals surface area contributed by atoms with Gasteiger partial charge in [-0.2, -0.15) is 0 Å². The first-order valence-electron chi connectivity index (χ1n) is 9.73. The zero-order valence-corrected chi connectivity index (χ0v) is 17.7. The number of nitrogens with two attached hydrogens (primary N) is 1. The summed E-state index contributed by atoms with van der Waals surface area (Å²) in [6, 6.07) is 5.50. The topological polar surface area (TPSA) is 107 Å². The van der Waals surface area contributed by atoms with Crippen LogP contribution in [0.4, 0.5) is 0 Å². The minimum absolute atomic E-state index is 0.0326. The molecule has 6 nitrogen and oxygen atoms in total. The molecule has 1 aromatic rings. The number of carboxylic acid groups (broad SMARTS) is 1. The molecule has 0 aliphatic carbocycles. The zero-order valence-electron chi connectivity index (χ0n) is 16.2. The van der Waals surface area contributed by atoms with Gasteiger partial charge in [-0.1, -0.05) is 42.1 Å². The van der Waals surface area contributed by atoms with Gasteiger partial charge in [0.25, 0.3) is 0 Å². The second-order valence-corrected chi connectivity index (χ2v) is 8.51. The summed E-state index contributed by atoms with van der Waals surface area (Å²) < 4.78 is 0. The first-order valence-corrected chi connectivity index (χ1v) is 10.5. The average molecular weight is 431 g/mol. The van der Waals surface area contributed by atoms with Gasteiger partial charge in [0.1, 0.15) is 5.54 Å². The van der Waals surface area contributed by atoms with E-state index in [1.54, 1.807) is 0 Å². The second-order valence-electron chi connectivity index (χ2n) is 7.69. The highest BCUT2D eigenvalue weighted by atomic mass is 35.5. The minimum Gasteiger partial charge on any atom is -0.480 e. The Kier molecular flexibility index (Phi) is 8.61. The molecule has 0 spiro atoms. The highest BCUT2D eigenvalue weighted by Gasteiger charge is 2.43. The normalized spacial score (nSPS) is 19.2. The van der Waals surface area contributed by atoms with E-state index in [1.807, 2.05) is 18.2 Å². The molecule has 28 heavy (non-hydrogen) atoms. The molecular weight excluding hydrogens is 402 g/mol. The van der Waals surface area contributed by atoms with Gasteiger partial charge in [0.15, 0.2) is 0 Å². The van der Waals surface area contributed by atoms with Crippen molar-refractivity contribution in [1.82, 2.24) is 4.90 Å². The van der Waals surface area contributed by atoms with Crippen molar-refractivity contribution in [2.45, 2.75) is 56.9 Å². The number of unbranched alkanes of at least 4 members (excludes halogenated alkanes) is 1. The summed E-state index contributed by atoms with van der Waals surface area (Å²) in [5.74, 6) is -1.12. The van der Waals surface area contributed by atoms with E-state index in [0.717, 1.165) is 18.7 Å². The van der Waals surface area contributed by atoms with Gasteiger partial charge in [0.2, 0.25) is 0 Å². The molecule has 0 aromatic heterocycles. The number of halogens is 2. The maximum Gasteiger partial charge on any atom is 0.451 e. The van der Waals surface area contributed by atoms with Crippen LogP contribution in [0.25, 0.3) is 0 Å². The maximum absolute atomic E-state index is 11.9. The number of hydrogen-bond acceptors (Lipinski definition) is 5. The van der Waals surface area contributed by atoms with Crippen molar-refractivity contribution in [1.29, 1.82) is 0 Å². The van der Waals surface area contributed by atoms with Gasteiger partial charge in [0.05, 0.1) is 0 Å². The molecule has 5 N–H and O–H groups in total. The summed E-state index contributed by atoms with van der Waals surface area (Å²) in [5.41, 5.74) is 5.93. The number of carboxylic acids is 1. The molecule has 0 amide bonds. The molecule has 9 heteroatoms. The van der Waals surface area contributed by atoms with E-state index in [1.165, 1.54) is 0 Å². The van der Waals surface area contributed by atoms with Crippen LogP contribution in [0.2, 0.25) is 16.4 Å². The monoisotopic (exact) mass is 430 g/mol. The summed E-state index contributed by atoms with van der Waals surface area (Å²) in [6.45, 7) is 3.49. The fourth-order valence-electron chi connectivity index (χ4n) is 4.12. The number of aliphatic carboxylic acids is 1. The lowest BCUT2D eigenvalue weighted by Gasteiger charge is -2.42. The Hall–Kier alpha value is -0.825. The van der Waals surface area contributed by atoms with E-state index in [0.29, 0.717) is 42.1 Å². The van der Waals surface area contributed by atoms with Gasteiger partial charge in [0, 0.05) is 21.7 Å². The Morgan fingerprint density at radius 3 is 2.36 bits per heavy atom. The van der Waals surface area contributed by atoms with Crippen LogP contribution in [-0.4, -0.2) is 51.8 Å². The number of carbonyl (C=O) groups is 1. The van der Waals surface area contributed by atoms with Crippen LogP contribution in [0, 0.1) is 5.92 Å². The van der Waals surface area contributed by atoms with Crippen LogP contribution in [0.15, 0.2) is 18.2 Å². The molecule has 1 heterocycles. The Morgan fingerprint density at radius 2 is 1.86 bits per heavy atom. The van der Waals surface area contributed by atoms with E-state index >= 15 is 0 Å². The molecule has 0 saturated carbocycles. The van der Waals surface area contributed by atoms with E-state index in [4.69, 9.17) is 39.0 Å². The molecule has 2 atom stereocenters. The zero-order chi connectivity index (χ0) is 20.9. The fourth-order valence-corrected chi connectivity index (χ4v) is 4.84. The average Bonchev–Trinajstić information content (AvgIpc) is 2.64. The molecule has 156 valence electrons. The molecule has 2 rings (SSSR count). The number of nitrogens with zero attached hydrogens (tertiary/aromatic N) is 1. The summed E-state index contributed by atoms with van der Waals surface area (Å²) in [7, 11) is -1.36. The van der Waals surface area contributed by atoms with Gasteiger partial charge in [-0.3, -0.25) is 9.69 Å². The van der Waals surface area contributed by atoms with Crippen LogP contribution < -0.4 is 5.73 Å². The Balaban J connectivity index is 1.99. The van der Waals surface area contributed by atoms with Gasteiger partial charge < -0.3 is 20.9 Å². The van der Waals surface area contributed by atoms with Gasteiger partial charge in [-0.15, -0.1) is 0 Å². The van der Waals surface area contributed by atoms with E-state index in [9.17, 15) is 9.90 Å². The highest BCUT2D eigenvalue weighted by Crippen LogP contribution is 2.38. The highest BCUT2D eigenvalue weighted by molar-refractivity contribution is 6.40. The fraction of sp³-hybridized carbons (Fsp3) is 0.632. The molecule has 0 radical (unpaired) electrons. The quantitative estimate of drug-likeness (QED) is 0.354. The SMILES string of the molecule is CC(c1c(Cl)cccc1Cl)N1CCC([C@](N)(CCCCB(O)O)C(=O)O)CC1. The molecule has 1 saturated heterocycles. The molecule has 1 aliphatic heterocycles. The van der Waals surface area contributed by atoms with E-state index in [2.05, 4.69) is 11.8 Å². The third-order valence-electron chi connectivity index (χ3n) is 5.92. The van der Waals surface area contributed by atoms with E-state index in [-0.39, 0.29) is 18.3 Å². The van der Waals surface area contributed by atoms with Crippen LogP contribution in [0.5, 0.6) is 0 Å². The molecule has 1 fully saturated rings. The van der Waals surface area contributed by atoms with Crippen molar-refractivity contribution in [2.75, 3.05) is 13.1 Å². The predicted octanol–water partition coefficient (Wildman–Crippen LogP) is 3.19. The molecule has 0 bridgehead atoms. The summed E-state index contributed by atoms with van der Waals surface area (Å²) >= 11 is 12.7. The largest absolute Gasteiger partial charge is 0.480 e. The standard InChI is InChI=1S/C19H29BCl2N2O4/c1-13(17-15(21)5-4-6-16(17)22)24-11-7-14(8-12-24)19(23,18(25)26)9-2-3-10-20(27)28/h4-6,13-14,27-28H,2-3,7-12,23H2,1H3,(H,25,26)/t13?,19-/m1/s1. The van der Waals surface area contributed by atoms with Crippen molar-refractivity contribution in [2.24, 2.45) is 11.7 Å². The third kappa shape index (κ3) is 5.62. The Morgan fingerprint density at radius 1 is 1.29 bits per heavy atom. The summed E-state index contributed by atoms with van der Waals surface area (Å²) in [4.78, 5) is 14.2. The first-order chi connectivity index (χ1) is 13.2. The Bertz CT molecular complexity index is 651. The summed E-state index contributed by atoms with van der Waals surface area (Å²) in [6.07, 6.45) is 2.99. The smallest absolute Gasteiger partial charge is 0.451 e. The number of rotatable bonds is 9. The first kappa shape index (κ1) is 23.5. The van der Waals surface area contributed by atoms with Crippen LogP contribution in [-0.2, 0) is 4.79 Å². The number of hydrogen-bond donors (Lipinski definition) is 4. The second kappa shape index (κ2) is 10.3. The van der Waals surface area contributed by atoms with Crippen molar-refractivity contribution in [3.8, 4) is 0 Å². The molecule has 1 aromatic carbocycles. The van der Waals surface area contributed by atoms with Crippen molar-refractivity contribution in [3.05, 3.63) is 33.8 Å². The van der Waals surface area contributed by atoms with Crippen LogP contribution >= 0.6 is 23.2 Å². The van der Waals surface area contributed by atoms with Crippen molar-refractivity contribution in [3.63, 3.8) is 0 Å². The van der Waals surface area contributed by atoms with Crippen molar-refractivity contribution >= 4 is 36.3 Å². The van der Waals surface area contributed by atoms with Crippen LogP contribution in [0.1, 0.15) is 50.6 Å². The van der Waals surface area contributed by atoms with E-state index < -0.39 is 18.6 Å². The maximum atomic E-state index is 11.9. The lowest BCUT2D eigenvalue weighted by molar-refractivity contribution is -0.147. The third-order valence-corrected chi connectivity index (χ3v) is 6.58. The van der Waals surface area contributed by atoms with Crippen LogP contribution in [0.3, 0.4) is 0 Å². The number of piperidine rings is 1. The molecule has 1 unspecified atom stereocenters. The molecular formula is C19H29BCl2N2O4. The van der Waals surface area contributed by atoms with Gasteiger partial charge in [-0.05, 0) is 63.6 Å². The number of likely N-dealkylation sites (tertiary alicyclic amines) is 1. The molecule has 1 aliphatic rings.